The first-order chi connectivity index (χ1) is 14.5. The minimum absolute atomic E-state index is 0.0578. The van der Waals surface area contributed by atoms with E-state index < -0.39 is 11.3 Å². The van der Waals surface area contributed by atoms with Gasteiger partial charge in [-0.15, -0.1) is 0 Å². The maximum Gasteiger partial charge on any atom is 0.315 e. The molecule has 2 aliphatic rings. The Morgan fingerprint density at radius 3 is 2.57 bits per heavy atom. The van der Waals surface area contributed by atoms with Gasteiger partial charge in [0.2, 0.25) is 5.75 Å². The van der Waals surface area contributed by atoms with Crippen molar-refractivity contribution in [2.24, 2.45) is 0 Å². The van der Waals surface area contributed by atoms with Gasteiger partial charge in [0, 0.05) is 39.1 Å². The number of fused-ring (bicyclic) bond motifs is 1. The molecule has 1 aromatic heterocycles. The quantitative estimate of drug-likeness (QED) is 0.790. The SMILES string of the molecule is COCC[C@@H]1Cn2c(CC3(c4ccccc4)CCCC3)nc(=O)c(O)c2C(=O)N1C. The van der Waals surface area contributed by atoms with Gasteiger partial charge >= 0.3 is 5.56 Å². The lowest BCUT2D eigenvalue weighted by Gasteiger charge is -2.37. The summed E-state index contributed by atoms with van der Waals surface area (Å²) in [5.74, 6) is -0.316. The summed E-state index contributed by atoms with van der Waals surface area (Å²) in [4.78, 5) is 31.4. The highest BCUT2D eigenvalue weighted by molar-refractivity contribution is 5.95. The van der Waals surface area contributed by atoms with Crippen LogP contribution >= 0.6 is 0 Å². The summed E-state index contributed by atoms with van der Waals surface area (Å²) in [6, 6.07) is 10.3. The molecule has 2 aromatic rings. The highest BCUT2D eigenvalue weighted by atomic mass is 16.5. The van der Waals surface area contributed by atoms with Crippen molar-refractivity contribution >= 4 is 5.91 Å². The Labute approximate surface area is 176 Å². The average Bonchev–Trinajstić information content (AvgIpc) is 3.23. The summed E-state index contributed by atoms with van der Waals surface area (Å²) in [6.45, 7) is 1.02. The number of aromatic nitrogens is 2. The average molecular weight is 412 g/mol. The second-order valence-electron chi connectivity index (χ2n) is 8.52. The third-order valence-corrected chi connectivity index (χ3v) is 6.80. The van der Waals surface area contributed by atoms with Crippen molar-refractivity contribution in [2.45, 2.75) is 56.5 Å². The second-order valence-corrected chi connectivity index (χ2v) is 8.52. The lowest BCUT2D eigenvalue weighted by Crippen LogP contribution is -2.48. The van der Waals surface area contributed by atoms with E-state index in [1.807, 2.05) is 18.2 Å². The molecule has 7 nitrogen and oxygen atoms in total. The monoisotopic (exact) mass is 411 g/mol. The smallest absolute Gasteiger partial charge is 0.315 e. The predicted octanol–water partition coefficient (Wildman–Crippen LogP) is 2.49. The molecular formula is C23H29N3O4. The molecule has 4 rings (SSSR count). The fraction of sp³-hybridized carbons (Fsp3) is 0.522. The Bertz CT molecular complexity index is 980. The van der Waals surface area contributed by atoms with Gasteiger partial charge in [0.15, 0.2) is 5.69 Å². The van der Waals surface area contributed by atoms with Crippen LogP contribution in [-0.2, 0) is 23.1 Å². The van der Waals surface area contributed by atoms with Crippen LogP contribution in [0.25, 0.3) is 0 Å². The van der Waals surface area contributed by atoms with Crippen LogP contribution in [0.15, 0.2) is 35.1 Å². The Hall–Kier alpha value is -2.67. The van der Waals surface area contributed by atoms with Crippen molar-refractivity contribution in [1.29, 1.82) is 0 Å². The molecule has 1 aliphatic heterocycles. The number of likely N-dealkylation sites (N-methyl/N-ethyl adjacent to an activating group) is 1. The Kier molecular flexibility index (Phi) is 5.64. The van der Waals surface area contributed by atoms with Crippen LogP contribution in [-0.4, -0.2) is 52.3 Å². The minimum Gasteiger partial charge on any atom is -0.501 e. The number of hydrogen-bond acceptors (Lipinski definition) is 5. The summed E-state index contributed by atoms with van der Waals surface area (Å²) >= 11 is 0. The third kappa shape index (κ3) is 3.51. The molecule has 0 bridgehead atoms. The van der Waals surface area contributed by atoms with Crippen molar-refractivity contribution in [3.05, 3.63) is 57.8 Å². The molecule has 1 aromatic carbocycles. The highest BCUT2D eigenvalue weighted by Gasteiger charge is 2.40. The van der Waals surface area contributed by atoms with E-state index in [1.54, 1.807) is 23.6 Å². The lowest BCUT2D eigenvalue weighted by molar-refractivity contribution is 0.0589. The first-order valence-electron chi connectivity index (χ1n) is 10.6. The maximum atomic E-state index is 13.0. The van der Waals surface area contributed by atoms with Crippen molar-refractivity contribution in [3.8, 4) is 5.75 Å². The zero-order valence-corrected chi connectivity index (χ0v) is 17.6. The highest BCUT2D eigenvalue weighted by Crippen LogP contribution is 2.43. The van der Waals surface area contributed by atoms with E-state index in [1.165, 1.54) is 5.56 Å². The van der Waals surface area contributed by atoms with E-state index >= 15 is 0 Å². The van der Waals surface area contributed by atoms with E-state index in [2.05, 4.69) is 17.1 Å². The number of rotatable bonds is 6. The molecule has 0 radical (unpaired) electrons. The molecule has 160 valence electrons. The number of carbonyl (C=O) groups excluding carboxylic acids is 1. The van der Waals surface area contributed by atoms with E-state index in [-0.39, 0.29) is 23.1 Å². The van der Waals surface area contributed by atoms with Crippen molar-refractivity contribution in [1.82, 2.24) is 14.5 Å². The predicted molar refractivity (Wildman–Crippen MR) is 113 cm³/mol. The topological polar surface area (TPSA) is 84.7 Å². The van der Waals surface area contributed by atoms with Gasteiger partial charge in [0.25, 0.3) is 5.91 Å². The van der Waals surface area contributed by atoms with Gasteiger partial charge in [-0.2, -0.15) is 4.98 Å². The zero-order chi connectivity index (χ0) is 21.3. The molecule has 1 N–H and O–H groups in total. The van der Waals surface area contributed by atoms with Crippen LogP contribution in [0.2, 0.25) is 0 Å². The Morgan fingerprint density at radius 1 is 1.20 bits per heavy atom. The van der Waals surface area contributed by atoms with Crippen LogP contribution in [0.3, 0.4) is 0 Å². The molecule has 1 fully saturated rings. The van der Waals surface area contributed by atoms with Crippen LogP contribution in [0, 0.1) is 0 Å². The molecule has 0 spiro atoms. The molecule has 1 saturated carbocycles. The Balaban J connectivity index is 1.79. The largest absolute Gasteiger partial charge is 0.501 e. The van der Waals surface area contributed by atoms with Gasteiger partial charge in [0.1, 0.15) is 5.82 Å². The molecule has 2 heterocycles. The summed E-state index contributed by atoms with van der Waals surface area (Å²) in [5, 5.41) is 10.4. The van der Waals surface area contributed by atoms with E-state index in [4.69, 9.17) is 4.74 Å². The van der Waals surface area contributed by atoms with Crippen LogP contribution in [0.5, 0.6) is 5.75 Å². The molecule has 1 amide bonds. The fourth-order valence-corrected chi connectivity index (χ4v) is 5.06. The number of benzene rings is 1. The third-order valence-electron chi connectivity index (χ3n) is 6.80. The fourth-order valence-electron chi connectivity index (χ4n) is 5.06. The van der Waals surface area contributed by atoms with E-state index in [9.17, 15) is 14.7 Å². The summed E-state index contributed by atoms with van der Waals surface area (Å²) in [7, 11) is 3.34. The Morgan fingerprint density at radius 2 is 1.90 bits per heavy atom. The molecule has 0 saturated heterocycles. The van der Waals surface area contributed by atoms with Gasteiger partial charge in [-0.1, -0.05) is 43.2 Å². The first-order valence-corrected chi connectivity index (χ1v) is 10.6. The number of methoxy groups -OCH3 is 1. The van der Waals surface area contributed by atoms with Crippen LogP contribution < -0.4 is 5.56 Å². The molecular weight excluding hydrogens is 382 g/mol. The number of ether oxygens (including phenoxy) is 1. The molecule has 30 heavy (non-hydrogen) atoms. The van der Waals surface area contributed by atoms with Gasteiger partial charge in [0.05, 0.1) is 6.04 Å². The summed E-state index contributed by atoms with van der Waals surface area (Å²) < 4.78 is 6.99. The van der Waals surface area contributed by atoms with Gasteiger partial charge in [-0.25, -0.2) is 0 Å². The normalized spacial score (nSPS) is 20.4. The summed E-state index contributed by atoms with van der Waals surface area (Å²) in [6.07, 6.45) is 5.54. The molecule has 7 heteroatoms. The van der Waals surface area contributed by atoms with Crippen molar-refractivity contribution in [2.75, 3.05) is 20.8 Å². The first kappa shape index (κ1) is 20.6. The van der Waals surface area contributed by atoms with Gasteiger partial charge in [-0.05, 0) is 24.8 Å². The van der Waals surface area contributed by atoms with Gasteiger partial charge in [-0.3, -0.25) is 9.59 Å². The zero-order valence-electron chi connectivity index (χ0n) is 17.6. The maximum absolute atomic E-state index is 13.0. The number of hydrogen-bond donors (Lipinski definition) is 1. The molecule has 1 atom stereocenters. The van der Waals surface area contributed by atoms with Crippen LogP contribution in [0.4, 0.5) is 0 Å². The minimum atomic E-state index is -0.727. The molecule has 0 unspecified atom stereocenters. The van der Waals surface area contributed by atoms with Crippen molar-refractivity contribution < 1.29 is 14.6 Å². The van der Waals surface area contributed by atoms with E-state index in [0.29, 0.717) is 31.8 Å². The lowest BCUT2D eigenvalue weighted by atomic mass is 9.76. The second kappa shape index (κ2) is 8.22. The summed E-state index contributed by atoms with van der Waals surface area (Å²) in [5.41, 5.74) is 0.471. The number of carbonyl (C=O) groups is 1. The number of nitrogens with zero attached hydrogens (tertiary/aromatic N) is 3. The number of aromatic hydroxyl groups is 1. The standard InChI is InChI=1S/C23H29N3O4/c1-25-17(10-13-30-2)15-26-18(24-21(28)20(27)19(26)22(25)29)14-23(11-6-7-12-23)16-8-4-3-5-9-16/h3-5,8-9,17,27H,6-7,10-15H2,1-2H3/t17-/m1/s1. The van der Waals surface area contributed by atoms with Gasteiger partial charge < -0.3 is 19.3 Å². The van der Waals surface area contributed by atoms with Crippen LogP contribution in [0.1, 0.15) is 54.0 Å². The number of amides is 1. The molecule has 1 aliphatic carbocycles. The van der Waals surface area contributed by atoms with E-state index in [0.717, 1.165) is 25.7 Å². The van der Waals surface area contributed by atoms with Crippen molar-refractivity contribution in [3.63, 3.8) is 0 Å².